The molecule has 0 saturated heterocycles. The first kappa shape index (κ1) is 25.6. The fourth-order valence-corrected chi connectivity index (χ4v) is 8.15. The van der Waals surface area contributed by atoms with E-state index in [1.807, 2.05) is 0 Å². The highest BCUT2D eigenvalue weighted by Crippen LogP contribution is 2.46. The minimum Gasteiger partial charge on any atom is -0.350 e. The van der Waals surface area contributed by atoms with Gasteiger partial charge in [-0.2, -0.15) is 0 Å². The number of hydrogen-bond acceptors (Lipinski definition) is 2. The third-order valence-corrected chi connectivity index (χ3v) is 10.3. The third kappa shape index (κ3) is 3.56. The normalized spacial score (nSPS) is 17.6. The van der Waals surface area contributed by atoms with E-state index in [1.54, 1.807) is 0 Å². The highest BCUT2D eigenvalue weighted by atomic mass is 15.3. The van der Waals surface area contributed by atoms with Crippen LogP contribution >= 0.6 is 0 Å². The summed E-state index contributed by atoms with van der Waals surface area (Å²) in [5.41, 5.74) is 6.24. The standard InChI is InChI=1S/C44H30N2/c1-46-41-19-7-6-18-40(41)45-44(46)39-26-38(33-17-9-13-28-11-3-5-15-31(28)33)36-23-21-29-20-22-34(35-24-25-37(39)43(36)42(29)35)32-16-8-12-27-10-2-4-14-30(27)32/h2-26,40-41H,1H3. The SMILES string of the molecule is CN1C(c2cc(-c3cccc4ccccc34)c3ccc4ccc(-c5cccc6ccccc56)c5ccc2c3c45)=NC2C=CC=CC21. The lowest BCUT2D eigenvalue weighted by molar-refractivity contribution is 0.438. The number of rotatable bonds is 3. The number of fused-ring (bicyclic) bond motifs is 3. The second-order valence-electron chi connectivity index (χ2n) is 12.7. The van der Waals surface area contributed by atoms with Gasteiger partial charge in [-0.05, 0) is 82.2 Å². The summed E-state index contributed by atoms with van der Waals surface area (Å²) in [4.78, 5) is 7.71. The topological polar surface area (TPSA) is 15.6 Å². The highest BCUT2D eigenvalue weighted by molar-refractivity contribution is 6.32. The van der Waals surface area contributed by atoms with Crippen LogP contribution in [0.15, 0.2) is 157 Å². The van der Waals surface area contributed by atoms with Crippen molar-refractivity contribution in [3.8, 4) is 22.3 Å². The number of benzene rings is 8. The Kier molecular flexibility index (Phi) is 5.36. The van der Waals surface area contributed by atoms with Gasteiger partial charge in [-0.1, -0.05) is 146 Å². The summed E-state index contributed by atoms with van der Waals surface area (Å²) in [5, 5.41) is 12.8. The molecule has 2 atom stereocenters. The number of nitrogens with zero attached hydrogens (tertiary/aromatic N) is 2. The van der Waals surface area contributed by atoms with Crippen molar-refractivity contribution in [3.63, 3.8) is 0 Å². The average molecular weight is 587 g/mol. The summed E-state index contributed by atoms with van der Waals surface area (Å²) in [6.45, 7) is 0. The molecule has 2 heteroatoms. The van der Waals surface area contributed by atoms with Gasteiger partial charge in [0.2, 0.25) is 0 Å². The van der Waals surface area contributed by atoms with Gasteiger partial charge >= 0.3 is 0 Å². The van der Waals surface area contributed by atoms with E-state index < -0.39 is 0 Å². The molecule has 1 aliphatic carbocycles. The molecule has 1 aliphatic heterocycles. The Morgan fingerprint density at radius 2 is 1.02 bits per heavy atom. The first-order valence-electron chi connectivity index (χ1n) is 16.1. The molecule has 0 aromatic heterocycles. The van der Waals surface area contributed by atoms with Gasteiger partial charge in [0, 0.05) is 12.6 Å². The second kappa shape index (κ2) is 9.63. The van der Waals surface area contributed by atoms with Crippen LogP contribution < -0.4 is 0 Å². The van der Waals surface area contributed by atoms with Crippen LogP contribution in [-0.4, -0.2) is 29.9 Å². The van der Waals surface area contributed by atoms with Crippen LogP contribution in [-0.2, 0) is 0 Å². The van der Waals surface area contributed by atoms with E-state index in [4.69, 9.17) is 4.99 Å². The van der Waals surface area contributed by atoms with Crippen LogP contribution in [0.3, 0.4) is 0 Å². The van der Waals surface area contributed by atoms with Crippen LogP contribution in [0, 0.1) is 0 Å². The Morgan fingerprint density at radius 3 is 1.76 bits per heavy atom. The van der Waals surface area contributed by atoms with Gasteiger partial charge in [0.1, 0.15) is 5.84 Å². The average Bonchev–Trinajstić information content (AvgIpc) is 3.45. The highest BCUT2D eigenvalue weighted by Gasteiger charge is 2.33. The van der Waals surface area contributed by atoms with Crippen LogP contribution in [0.5, 0.6) is 0 Å². The van der Waals surface area contributed by atoms with Crippen LogP contribution in [0.2, 0.25) is 0 Å². The second-order valence-corrected chi connectivity index (χ2v) is 12.7. The molecule has 0 spiro atoms. The van der Waals surface area contributed by atoms with Crippen LogP contribution in [0.1, 0.15) is 5.56 Å². The molecule has 2 unspecified atom stereocenters. The molecular formula is C44H30N2. The van der Waals surface area contributed by atoms with Gasteiger partial charge in [0.15, 0.2) is 0 Å². The van der Waals surface area contributed by atoms with Crippen LogP contribution in [0.25, 0.3) is 76.1 Å². The van der Waals surface area contributed by atoms with Gasteiger partial charge in [-0.25, -0.2) is 0 Å². The number of hydrogen-bond donors (Lipinski definition) is 0. The van der Waals surface area contributed by atoms with Gasteiger partial charge in [0.05, 0.1) is 12.1 Å². The Balaban J connectivity index is 1.34. The molecule has 46 heavy (non-hydrogen) atoms. The van der Waals surface area contributed by atoms with E-state index in [0.717, 1.165) is 5.84 Å². The first-order valence-corrected chi connectivity index (χ1v) is 16.1. The molecule has 8 aromatic carbocycles. The van der Waals surface area contributed by atoms with Gasteiger partial charge < -0.3 is 4.90 Å². The Labute approximate surface area is 267 Å². The van der Waals surface area contributed by atoms with Crippen molar-refractivity contribution in [1.29, 1.82) is 0 Å². The maximum Gasteiger partial charge on any atom is 0.132 e. The van der Waals surface area contributed by atoms with Crippen molar-refractivity contribution in [1.82, 2.24) is 4.90 Å². The Bertz CT molecular complexity index is 2610. The maximum atomic E-state index is 5.34. The summed E-state index contributed by atoms with van der Waals surface area (Å²) < 4.78 is 0. The fourth-order valence-electron chi connectivity index (χ4n) is 8.15. The summed E-state index contributed by atoms with van der Waals surface area (Å²) >= 11 is 0. The van der Waals surface area contributed by atoms with Crippen molar-refractivity contribution < 1.29 is 0 Å². The van der Waals surface area contributed by atoms with Crippen molar-refractivity contribution in [2.45, 2.75) is 12.1 Å². The smallest absolute Gasteiger partial charge is 0.132 e. The van der Waals surface area contributed by atoms with Crippen molar-refractivity contribution >= 4 is 59.7 Å². The van der Waals surface area contributed by atoms with Crippen LogP contribution in [0.4, 0.5) is 0 Å². The number of likely N-dealkylation sites (N-methyl/N-ethyl adjacent to an activating group) is 1. The number of aliphatic imine (C=N–C) groups is 1. The van der Waals surface area contributed by atoms with Crippen molar-refractivity contribution in [2.75, 3.05) is 7.05 Å². The largest absolute Gasteiger partial charge is 0.350 e. The molecule has 8 aromatic rings. The molecular weight excluding hydrogens is 556 g/mol. The van der Waals surface area contributed by atoms with E-state index in [1.165, 1.54) is 81.7 Å². The lowest BCUT2D eigenvalue weighted by atomic mass is 9.84. The van der Waals surface area contributed by atoms with E-state index in [2.05, 4.69) is 164 Å². The van der Waals surface area contributed by atoms with E-state index in [0.29, 0.717) is 0 Å². The summed E-state index contributed by atoms with van der Waals surface area (Å²) in [6.07, 6.45) is 8.78. The maximum absolute atomic E-state index is 5.34. The van der Waals surface area contributed by atoms with E-state index in [-0.39, 0.29) is 12.1 Å². The van der Waals surface area contributed by atoms with E-state index >= 15 is 0 Å². The molecule has 0 N–H and O–H groups in total. The zero-order valence-corrected chi connectivity index (χ0v) is 25.5. The lowest BCUT2D eigenvalue weighted by Crippen LogP contribution is -2.35. The van der Waals surface area contributed by atoms with Gasteiger partial charge in [0.25, 0.3) is 0 Å². The van der Waals surface area contributed by atoms with Crippen molar-refractivity contribution in [2.24, 2.45) is 4.99 Å². The minimum atomic E-state index is 0.127. The summed E-state index contributed by atoms with van der Waals surface area (Å²) in [7, 11) is 2.20. The number of allylic oxidation sites excluding steroid dienone is 2. The monoisotopic (exact) mass is 586 g/mol. The Hall–Kier alpha value is -5.73. The minimum absolute atomic E-state index is 0.127. The fraction of sp³-hybridized carbons (Fsp3) is 0.0682. The molecule has 0 radical (unpaired) electrons. The molecule has 0 bridgehead atoms. The molecule has 216 valence electrons. The predicted octanol–water partition coefficient (Wildman–Crippen LogP) is 10.8. The zero-order chi connectivity index (χ0) is 30.4. The van der Waals surface area contributed by atoms with Gasteiger partial charge in [-0.15, -0.1) is 0 Å². The Morgan fingerprint density at radius 1 is 0.457 bits per heavy atom. The third-order valence-electron chi connectivity index (χ3n) is 10.3. The molecule has 2 aliphatic rings. The zero-order valence-electron chi connectivity index (χ0n) is 25.5. The van der Waals surface area contributed by atoms with Gasteiger partial charge in [-0.3, -0.25) is 4.99 Å². The molecule has 2 nitrogen and oxygen atoms in total. The van der Waals surface area contributed by atoms with E-state index in [9.17, 15) is 0 Å². The molecule has 0 fully saturated rings. The predicted molar refractivity (Wildman–Crippen MR) is 196 cm³/mol. The molecule has 0 amide bonds. The number of amidine groups is 1. The molecule has 10 rings (SSSR count). The summed E-state index contributed by atoms with van der Waals surface area (Å²) in [6, 6.07) is 47.6. The lowest BCUT2D eigenvalue weighted by Gasteiger charge is -2.26. The van der Waals surface area contributed by atoms with Crippen molar-refractivity contribution in [3.05, 3.63) is 157 Å². The quantitative estimate of drug-likeness (QED) is 0.188. The molecule has 1 heterocycles. The summed E-state index contributed by atoms with van der Waals surface area (Å²) in [5.74, 6) is 1.06. The first-order chi connectivity index (χ1) is 22.7. The molecule has 0 saturated carbocycles.